The smallest absolute Gasteiger partial charge is 0.146 e. The van der Waals surface area contributed by atoms with Crippen molar-refractivity contribution in [3.63, 3.8) is 0 Å². The van der Waals surface area contributed by atoms with Crippen molar-refractivity contribution in [2.24, 2.45) is 0 Å². The normalized spacial score (nSPS) is 10.1. The minimum absolute atomic E-state index is 0.285. The molecule has 0 saturated heterocycles. The molecule has 3 nitrogen and oxygen atoms in total. The number of nitrogens with zero attached hydrogens (tertiary/aromatic N) is 2. The summed E-state index contributed by atoms with van der Waals surface area (Å²) in [5.74, 6) is -0.285. The van der Waals surface area contributed by atoms with Gasteiger partial charge in [0.1, 0.15) is 5.82 Å². The molecule has 0 atom stereocenters. The van der Waals surface area contributed by atoms with Gasteiger partial charge in [0, 0.05) is 16.9 Å². The van der Waals surface area contributed by atoms with E-state index in [1.165, 1.54) is 6.07 Å². The third kappa shape index (κ3) is 2.76. The van der Waals surface area contributed by atoms with E-state index in [1.54, 1.807) is 30.7 Å². The molecule has 2 aromatic rings. The highest BCUT2D eigenvalue weighted by Crippen LogP contribution is 2.20. The molecule has 0 radical (unpaired) electrons. The summed E-state index contributed by atoms with van der Waals surface area (Å²) < 4.78 is 14.2. The number of halogens is 2. The van der Waals surface area contributed by atoms with Gasteiger partial charge in [-0.2, -0.15) is 0 Å². The Morgan fingerprint density at radius 3 is 2.94 bits per heavy atom. The lowest BCUT2D eigenvalue weighted by Crippen LogP contribution is -2.03. The lowest BCUT2D eigenvalue weighted by molar-refractivity contribution is 0.629. The van der Waals surface area contributed by atoms with Gasteiger partial charge in [-0.3, -0.25) is 9.97 Å². The zero-order chi connectivity index (χ0) is 11.4. The van der Waals surface area contributed by atoms with Crippen LogP contribution in [-0.4, -0.2) is 9.97 Å². The topological polar surface area (TPSA) is 37.8 Å². The lowest BCUT2D eigenvalue weighted by atomic mass is 10.3. The molecule has 0 aliphatic rings. The Hall–Kier alpha value is -1.49. The molecule has 1 heterocycles. The molecule has 0 amide bonds. The van der Waals surface area contributed by atoms with E-state index >= 15 is 0 Å². The van der Waals surface area contributed by atoms with Gasteiger partial charge in [-0.1, -0.05) is 15.9 Å². The maximum absolute atomic E-state index is 13.4. The maximum Gasteiger partial charge on any atom is 0.146 e. The Morgan fingerprint density at radius 2 is 2.19 bits per heavy atom. The third-order valence-electron chi connectivity index (χ3n) is 2.01. The number of nitrogens with one attached hydrogen (secondary N) is 1. The number of hydrogen-bond acceptors (Lipinski definition) is 3. The highest BCUT2D eigenvalue weighted by atomic mass is 79.9. The van der Waals surface area contributed by atoms with Crippen LogP contribution in [0.25, 0.3) is 0 Å². The van der Waals surface area contributed by atoms with Gasteiger partial charge in [0.05, 0.1) is 24.1 Å². The molecule has 0 fully saturated rings. The van der Waals surface area contributed by atoms with E-state index in [-0.39, 0.29) is 5.82 Å². The quantitative estimate of drug-likeness (QED) is 0.940. The van der Waals surface area contributed by atoms with Crippen molar-refractivity contribution in [2.45, 2.75) is 6.54 Å². The number of benzene rings is 1. The SMILES string of the molecule is Fc1ccc(Br)cc1NCc1cnccn1. The second-order valence-corrected chi connectivity index (χ2v) is 4.09. The summed E-state index contributed by atoms with van der Waals surface area (Å²) >= 11 is 3.29. The predicted octanol–water partition coefficient (Wildman–Crippen LogP) is 2.99. The van der Waals surface area contributed by atoms with Gasteiger partial charge < -0.3 is 5.32 Å². The fourth-order valence-electron chi connectivity index (χ4n) is 1.24. The average molecular weight is 282 g/mol. The Labute approximate surface area is 101 Å². The summed E-state index contributed by atoms with van der Waals surface area (Å²) in [7, 11) is 0. The number of hydrogen-bond donors (Lipinski definition) is 1. The van der Waals surface area contributed by atoms with Crippen molar-refractivity contribution >= 4 is 21.6 Å². The first-order valence-corrected chi connectivity index (χ1v) is 5.49. The molecule has 0 bridgehead atoms. The molecule has 16 heavy (non-hydrogen) atoms. The summed E-state index contributed by atoms with van der Waals surface area (Å²) in [4.78, 5) is 8.02. The molecule has 1 N–H and O–H groups in total. The molecule has 0 unspecified atom stereocenters. The van der Waals surface area contributed by atoms with Gasteiger partial charge in [-0.25, -0.2) is 4.39 Å². The molecule has 1 aromatic heterocycles. The van der Waals surface area contributed by atoms with Crippen LogP contribution in [0.5, 0.6) is 0 Å². The Morgan fingerprint density at radius 1 is 1.31 bits per heavy atom. The van der Waals surface area contributed by atoms with Crippen molar-refractivity contribution in [1.29, 1.82) is 0 Å². The largest absolute Gasteiger partial charge is 0.377 e. The van der Waals surface area contributed by atoms with E-state index < -0.39 is 0 Å². The van der Waals surface area contributed by atoms with Crippen LogP contribution in [0.4, 0.5) is 10.1 Å². The van der Waals surface area contributed by atoms with E-state index in [1.807, 2.05) is 0 Å². The van der Waals surface area contributed by atoms with Crippen LogP contribution in [0.1, 0.15) is 5.69 Å². The van der Waals surface area contributed by atoms with Crippen LogP contribution in [0, 0.1) is 5.82 Å². The van der Waals surface area contributed by atoms with Crippen molar-refractivity contribution in [3.05, 3.63) is 52.8 Å². The van der Waals surface area contributed by atoms with Gasteiger partial charge in [-0.15, -0.1) is 0 Å². The highest BCUT2D eigenvalue weighted by Gasteiger charge is 2.02. The van der Waals surface area contributed by atoms with Crippen LogP contribution in [0.15, 0.2) is 41.3 Å². The molecule has 5 heteroatoms. The van der Waals surface area contributed by atoms with Crippen molar-refractivity contribution in [3.8, 4) is 0 Å². The van der Waals surface area contributed by atoms with Gasteiger partial charge >= 0.3 is 0 Å². The first-order valence-electron chi connectivity index (χ1n) is 4.69. The zero-order valence-corrected chi connectivity index (χ0v) is 9.91. The van der Waals surface area contributed by atoms with E-state index in [4.69, 9.17) is 0 Å². The molecular weight excluding hydrogens is 273 g/mol. The summed E-state index contributed by atoms with van der Waals surface area (Å²) in [6.45, 7) is 0.446. The van der Waals surface area contributed by atoms with Crippen LogP contribution in [0.3, 0.4) is 0 Å². The lowest BCUT2D eigenvalue weighted by Gasteiger charge is -2.07. The predicted molar refractivity (Wildman–Crippen MR) is 63.5 cm³/mol. The summed E-state index contributed by atoms with van der Waals surface area (Å²) in [6, 6.07) is 4.75. The molecule has 0 aliphatic carbocycles. The number of aromatic nitrogens is 2. The Balaban J connectivity index is 2.08. The summed E-state index contributed by atoms with van der Waals surface area (Å²) in [5, 5.41) is 2.96. The number of rotatable bonds is 3. The standard InChI is InChI=1S/C11H9BrFN3/c12-8-1-2-10(13)11(5-8)16-7-9-6-14-3-4-15-9/h1-6,16H,7H2. The van der Waals surface area contributed by atoms with Crippen LogP contribution in [0.2, 0.25) is 0 Å². The highest BCUT2D eigenvalue weighted by molar-refractivity contribution is 9.10. The van der Waals surface area contributed by atoms with Crippen LogP contribution < -0.4 is 5.32 Å². The second kappa shape index (κ2) is 5.03. The van der Waals surface area contributed by atoms with Crippen molar-refractivity contribution in [1.82, 2.24) is 9.97 Å². The first kappa shape index (κ1) is 11.0. The van der Waals surface area contributed by atoms with Crippen LogP contribution >= 0.6 is 15.9 Å². The number of anilines is 1. The van der Waals surface area contributed by atoms with Gasteiger partial charge in [-0.05, 0) is 18.2 Å². The average Bonchev–Trinajstić information content (AvgIpc) is 2.32. The van der Waals surface area contributed by atoms with Crippen molar-refractivity contribution < 1.29 is 4.39 Å². The molecule has 0 saturated carbocycles. The van der Waals surface area contributed by atoms with E-state index in [2.05, 4.69) is 31.2 Å². The van der Waals surface area contributed by atoms with Crippen LogP contribution in [-0.2, 0) is 6.54 Å². The molecule has 0 spiro atoms. The maximum atomic E-state index is 13.4. The van der Waals surface area contributed by atoms with Gasteiger partial charge in [0.25, 0.3) is 0 Å². The summed E-state index contributed by atoms with van der Waals surface area (Å²) in [5.41, 5.74) is 1.21. The zero-order valence-electron chi connectivity index (χ0n) is 8.32. The second-order valence-electron chi connectivity index (χ2n) is 3.17. The van der Waals surface area contributed by atoms with E-state index in [0.717, 1.165) is 10.2 Å². The molecule has 2 rings (SSSR count). The summed E-state index contributed by atoms with van der Waals surface area (Å²) in [6.07, 6.45) is 4.85. The minimum Gasteiger partial charge on any atom is -0.377 e. The monoisotopic (exact) mass is 281 g/mol. The molecule has 0 aliphatic heterocycles. The molecule has 1 aromatic carbocycles. The fourth-order valence-corrected chi connectivity index (χ4v) is 1.60. The van der Waals surface area contributed by atoms with E-state index in [9.17, 15) is 4.39 Å². The first-order chi connectivity index (χ1) is 7.75. The third-order valence-corrected chi connectivity index (χ3v) is 2.50. The molecule has 82 valence electrons. The fraction of sp³-hybridized carbons (Fsp3) is 0.0909. The van der Waals surface area contributed by atoms with E-state index in [0.29, 0.717) is 12.2 Å². The van der Waals surface area contributed by atoms with Gasteiger partial charge in [0.2, 0.25) is 0 Å². The Bertz CT molecular complexity index is 476. The Kier molecular flexibility index (Phi) is 3.46. The van der Waals surface area contributed by atoms with Crippen molar-refractivity contribution in [2.75, 3.05) is 5.32 Å². The molecular formula is C11H9BrFN3. The van der Waals surface area contributed by atoms with Gasteiger partial charge in [0.15, 0.2) is 0 Å². The minimum atomic E-state index is -0.285.